The smallest absolute Gasteiger partial charge is 0.146 e. The van der Waals surface area contributed by atoms with Crippen molar-refractivity contribution in [1.29, 1.82) is 0 Å². The van der Waals surface area contributed by atoms with E-state index in [-0.39, 0.29) is 0 Å². The summed E-state index contributed by atoms with van der Waals surface area (Å²) in [6.07, 6.45) is 0. The summed E-state index contributed by atoms with van der Waals surface area (Å²) in [5.74, 6) is 2.83. The predicted molar refractivity (Wildman–Crippen MR) is 108 cm³/mol. The van der Waals surface area contributed by atoms with Crippen molar-refractivity contribution >= 4 is 28.3 Å². The molecule has 0 saturated carbocycles. The summed E-state index contributed by atoms with van der Waals surface area (Å²) in [5.41, 5.74) is 2.92. The molecule has 0 unspecified atom stereocenters. The van der Waals surface area contributed by atoms with Crippen LogP contribution in [0.15, 0.2) is 66.7 Å². The van der Waals surface area contributed by atoms with Crippen LogP contribution < -0.4 is 14.8 Å². The number of hydrogen-bond donors (Lipinski definition) is 2. The largest absolute Gasteiger partial charge is 0.497 e. The third-order valence-corrected chi connectivity index (χ3v) is 4.39. The first-order valence-corrected chi connectivity index (χ1v) is 8.88. The van der Waals surface area contributed by atoms with E-state index in [1.165, 1.54) is 0 Å². The number of para-hydroxylation sites is 2. The van der Waals surface area contributed by atoms with Gasteiger partial charge in [0.15, 0.2) is 0 Å². The molecule has 1 heterocycles. The number of imidazole rings is 1. The number of rotatable bonds is 6. The number of aromatic nitrogens is 2. The lowest BCUT2D eigenvalue weighted by molar-refractivity contribution is 0.413. The van der Waals surface area contributed by atoms with Crippen LogP contribution in [-0.4, -0.2) is 17.1 Å². The molecule has 2 N–H and O–H groups in total. The third kappa shape index (κ3) is 3.99. The minimum atomic E-state index is 0.495. The van der Waals surface area contributed by atoms with Crippen molar-refractivity contribution in [3.8, 4) is 17.2 Å². The Morgan fingerprint density at radius 2 is 1.89 bits per heavy atom. The van der Waals surface area contributed by atoms with E-state index in [0.29, 0.717) is 28.8 Å². The summed E-state index contributed by atoms with van der Waals surface area (Å²) in [5, 5.41) is 3.85. The van der Waals surface area contributed by atoms with Crippen molar-refractivity contribution in [3.63, 3.8) is 0 Å². The highest BCUT2D eigenvalue weighted by atomic mass is 35.5. The number of H-pyrrole nitrogens is 1. The number of anilines is 1. The second-order valence-electron chi connectivity index (χ2n) is 5.98. The molecule has 4 aromatic rings. The monoisotopic (exact) mass is 379 g/mol. The second-order valence-corrected chi connectivity index (χ2v) is 6.39. The molecule has 0 radical (unpaired) electrons. The molecule has 0 amide bonds. The van der Waals surface area contributed by atoms with Crippen LogP contribution in [0.1, 0.15) is 5.82 Å². The van der Waals surface area contributed by atoms with Gasteiger partial charge in [0.1, 0.15) is 23.1 Å². The van der Waals surface area contributed by atoms with Crippen LogP contribution in [0.2, 0.25) is 5.02 Å². The number of methoxy groups -OCH3 is 1. The number of nitrogens with one attached hydrogen (secondary N) is 2. The normalized spacial score (nSPS) is 10.7. The Labute approximate surface area is 161 Å². The van der Waals surface area contributed by atoms with Gasteiger partial charge in [0, 0.05) is 17.8 Å². The van der Waals surface area contributed by atoms with Crippen molar-refractivity contribution in [3.05, 3.63) is 77.6 Å². The van der Waals surface area contributed by atoms with Crippen molar-refractivity contribution < 1.29 is 9.47 Å². The molecular weight excluding hydrogens is 362 g/mol. The Hall–Kier alpha value is -3.18. The molecule has 3 aromatic carbocycles. The Morgan fingerprint density at radius 1 is 1.00 bits per heavy atom. The predicted octanol–water partition coefficient (Wildman–Crippen LogP) is 5.63. The maximum Gasteiger partial charge on any atom is 0.146 e. The molecule has 1 aromatic heterocycles. The van der Waals surface area contributed by atoms with Gasteiger partial charge in [-0.3, -0.25) is 0 Å². The molecule has 0 aliphatic rings. The Morgan fingerprint density at radius 3 is 2.70 bits per heavy atom. The van der Waals surface area contributed by atoms with Gasteiger partial charge in [-0.15, -0.1) is 0 Å². The van der Waals surface area contributed by atoms with Gasteiger partial charge in [0.2, 0.25) is 0 Å². The summed E-state index contributed by atoms with van der Waals surface area (Å²) in [6, 6.07) is 21.0. The molecule has 0 aliphatic heterocycles. The second kappa shape index (κ2) is 7.60. The molecule has 0 fully saturated rings. The molecule has 0 atom stereocenters. The minimum absolute atomic E-state index is 0.495. The SMILES string of the molecule is COc1ccc(Oc2cccc(NCc3nc4ccccc4[nH]3)c2)c(Cl)c1. The fourth-order valence-electron chi connectivity index (χ4n) is 2.76. The molecule has 136 valence electrons. The number of ether oxygens (including phenoxy) is 2. The van der Waals surface area contributed by atoms with Gasteiger partial charge in [-0.25, -0.2) is 4.98 Å². The van der Waals surface area contributed by atoms with Crippen LogP contribution >= 0.6 is 11.6 Å². The highest BCUT2D eigenvalue weighted by Gasteiger charge is 2.06. The summed E-state index contributed by atoms with van der Waals surface area (Å²) in [6.45, 7) is 0.585. The average Bonchev–Trinajstić information content (AvgIpc) is 3.11. The average molecular weight is 380 g/mol. The topological polar surface area (TPSA) is 59.2 Å². The van der Waals surface area contributed by atoms with Gasteiger partial charge < -0.3 is 19.8 Å². The molecule has 0 spiro atoms. The number of fused-ring (bicyclic) bond motifs is 1. The molecule has 6 heteroatoms. The van der Waals surface area contributed by atoms with Crippen LogP contribution in [-0.2, 0) is 6.54 Å². The fourth-order valence-corrected chi connectivity index (χ4v) is 2.97. The van der Waals surface area contributed by atoms with Gasteiger partial charge >= 0.3 is 0 Å². The van der Waals surface area contributed by atoms with Gasteiger partial charge in [-0.05, 0) is 36.4 Å². The maximum absolute atomic E-state index is 6.24. The molecular formula is C21H18ClN3O2. The Bertz CT molecular complexity index is 1040. The number of aromatic amines is 1. The van der Waals surface area contributed by atoms with E-state index in [1.807, 2.05) is 54.6 Å². The van der Waals surface area contributed by atoms with E-state index in [9.17, 15) is 0 Å². The summed E-state index contributed by atoms with van der Waals surface area (Å²) < 4.78 is 11.1. The molecule has 0 bridgehead atoms. The highest BCUT2D eigenvalue weighted by molar-refractivity contribution is 6.32. The third-order valence-electron chi connectivity index (χ3n) is 4.10. The van der Waals surface area contributed by atoms with Gasteiger partial charge in [0.05, 0.1) is 29.7 Å². The van der Waals surface area contributed by atoms with Crippen molar-refractivity contribution in [1.82, 2.24) is 9.97 Å². The van der Waals surface area contributed by atoms with Gasteiger partial charge in [-0.2, -0.15) is 0 Å². The van der Waals surface area contributed by atoms with E-state index in [2.05, 4.69) is 15.3 Å². The zero-order valence-corrected chi connectivity index (χ0v) is 15.5. The van der Waals surface area contributed by atoms with Crippen LogP contribution in [0.5, 0.6) is 17.2 Å². The Kier molecular flexibility index (Phi) is 4.85. The van der Waals surface area contributed by atoms with E-state index >= 15 is 0 Å². The minimum Gasteiger partial charge on any atom is -0.497 e. The van der Waals surface area contributed by atoms with Crippen molar-refractivity contribution in [2.45, 2.75) is 6.54 Å². The highest BCUT2D eigenvalue weighted by Crippen LogP contribution is 2.33. The quantitative estimate of drug-likeness (QED) is 0.456. The molecule has 5 nitrogen and oxygen atoms in total. The van der Waals surface area contributed by atoms with Crippen LogP contribution in [0.3, 0.4) is 0 Å². The summed E-state index contributed by atoms with van der Waals surface area (Å²) in [7, 11) is 1.60. The van der Waals surface area contributed by atoms with E-state index in [0.717, 1.165) is 22.5 Å². The van der Waals surface area contributed by atoms with E-state index < -0.39 is 0 Å². The molecule has 4 rings (SSSR count). The zero-order chi connectivity index (χ0) is 18.6. The first-order valence-electron chi connectivity index (χ1n) is 8.50. The molecule has 27 heavy (non-hydrogen) atoms. The van der Waals surface area contributed by atoms with Crippen molar-refractivity contribution in [2.24, 2.45) is 0 Å². The standard InChI is InChI=1S/C21H18ClN3O2/c1-26-15-9-10-20(17(22)12-15)27-16-6-4-5-14(11-16)23-13-21-24-18-7-2-3-8-19(18)25-21/h2-12,23H,13H2,1H3,(H,24,25). The molecule has 0 saturated heterocycles. The maximum atomic E-state index is 6.24. The first-order chi connectivity index (χ1) is 13.2. The Balaban J connectivity index is 1.45. The zero-order valence-electron chi connectivity index (χ0n) is 14.7. The van der Waals surface area contributed by atoms with Gasteiger partial charge in [-0.1, -0.05) is 29.8 Å². The lowest BCUT2D eigenvalue weighted by atomic mass is 10.3. The summed E-state index contributed by atoms with van der Waals surface area (Å²) >= 11 is 6.24. The van der Waals surface area contributed by atoms with Crippen LogP contribution in [0.4, 0.5) is 5.69 Å². The van der Waals surface area contributed by atoms with E-state index in [4.69, 9.17) is 21.1 Å². The van der Waals surface area contributed by atoms with E-state index in [1.54, 1.807) is 19.2 Å². The van der Waals surface area contributed by atoms with Crippen LogP contribution in [0, 0.1) is 0 Å². The lowest BCUT2D eigenvalue weighted by Crippen LogP contribution is -2.01. The number of nitrogens with zero attached hydrogens (tertiary/aromatic N) is 1. The molecule has 0 aliphatic carbocycles. The van der Waals surface area contributed by atoms with Crippen molar-refractivity contribution in [2.75, 3.05) is 12.4 Å². The lowest BCUT2D eigenvalue weighted by Gasteiger charge is -2.11. The number of benzene rings is 3. The van der Waals surface area contributed by atoms with Crippen LogP contribution in [0.25, 0.3) is 11.0 Å². The fraction of sp³-hybridized carbons (Fsp3) is 0.0952. The van der Waals surface area contributed by atoms with Gasteiger partial charge in [0.25, 0.3) is 0 Å². The number of halogens is 1. The number of hydrogen-bond acceptors (Lipinski definition) is 4. The summed E-state index contributed by atoms with van der Waals surface area (Å²) in [4.78, 5) is 7.87. The first kappa shape index (κ1) is 17.2.